The van der Waals surface area contributed by atoms with Gasteiger partial charge in [0.1, 0.15) is 11.0 Å². The Morgan fingerprint density at radius 2 is 2.16 bits per heavy atom. The summed E-state index contributed by atoms with van der Waals surface area (Å²) in [6, 6.07) is 3.01. The lowest BCUT2D eigenvalue weighted by Gasteiger charge is -2.34. The van der Waals surface area contributed by atoms with Crippen molar-refractivity contribution in [1.82, 2.24) is 4.98 Å². The van der Waals surface area contributed by atoms with Crippen molar-refractivity contribution < 1.29 is 4.92 Å². The summed E-state index contributed by atoms with van der Waals surface area (Å²) in [6.45, 7) is 4.45. The third-order valence-electron chi connectivity index (χ3n) is 4.03. The number of rotatable bonds is 3. The highest BCUT2D eigenvalue weighted by molar-refractivity contribution is 6.29. The zero-order valence-corrected chi connectivity index (χ0v) is 11.9. The molecular formula is C13H18ClN3O2. The molecule has 1 saturated carbocycles. The number of nitrogens with zero attached hydrogens (tertiary/aromatic N) is 2. The molecular weight excluding hydrogens is 266 g/mol. The molecule has 1 heterocycles. The zero-order chi connectivity index (χ0) is 14.0. The first-order valence-electron chi connectivity index (χ1n) is 6.56. The molecule has 2 rings (SSSR count). The van der Waals surface area contributed by atoms with Crippen LogP contribution in [0.1, 0.15) is 33.1 Å². The lowest BCUT2D eigenvalue weighted by molar-refractivity contribution is -0.384. The summed E-state index contributed by atoms with van der Waals surface area (Å²) >= 11 is 5.82. The van der Waals surface area contributed by atoms with E-state index < -0.39 is 4.92 Å². The van der Waals surface area contributed by atoms with E-state index in [1.54, 1.807) is 0 Å². The van der Waals surface area contributed by atoms with Gasteiger partial charge in [0.15, 0.2) is 0 Å². The van der Waals surface area contributed by atoms with E-state index >= 15 is 0 Å². The summed E-state index contributed by atoms with van der Waals surface area (Å²) in [5.41, 5.74) is -0.0287. The predicted molar refractivity (Wildman–Crippen MR) is 75.5 cm³/mol. The third kappa shape index (κ3) is 3.35. The lowest BCUT2D eigenvalue weighted by atomic mass is 9.78. The van der Waals surface area contributed by atoms with Gasteiger partial charge < -0.3 is 5.32 Å². The first-order valence-corrected chi connectivity index (χ1v) is 6.93. The normalized spacial score (nSPS) is 27.0. The van der Waals surface area contributed by atoms with E-state index in [2.05, 4.69) is 24.1 Å². The maximum atomic E-state index is 10.8. The minimum atomic E-state index is -0.453. The van der Waals surface area contributed by atoms with Crippen LogP contribution in [-0.4, -0.2) is 15.9 Å². The van der Waals surface area contributed by atoms with Gasteiger partial charge in [-0.3, -0.25) is 10.1 Å². The van der Waals surface area contributed by atoms with E-state index in [0.717, 1.165) is 6.42 Å². The number of nitro groups is 1. The third-order valence-corrected chi connectivity index (χ3v) is 4.22. The van der Waals surface area contributed by atoms with Crippen LogP contribution in [0, 0.1) is 22.0 Å². The minimum absolute atomic E-state index is 0.0287. The molecule has 1 aromatic heterocycles. The van der Waals surface area contributed by atoms with Crippen LogP contribution in [0.15, 0.2) is 12.1 Å². The maximum Gasteiger partial charge on any atom is 0.276 e. The molecule has 0 bridgehead atoms. The number of pyridine rings is 1. The van der Waals surface area contributed by atoms with Crippen LogP contribution < -0.4 is 5.32 Å². The summed E-state index contributed by atoms with van der Waals surface area (Å²) in [4.78, 5) is 14.5. The Bertz CT molecular complexity index is 481. The molecule has 1 aromatic rings. The Kier molecular flexibility index (Phi) is 4.24. The SMILES string of the molecule is CC1CCCC(Nc2cc([N+](=O)[O-])cc(Cl)n2)C1C. The average Bonchev–Trinajstić information content (AvgIpc) is 2.34. The van der Waals surface area contributed by atoms with Gasteiger partial charge in [-0.1, -0.05) is 38.3 Å². The second kappa shape index (κ2) is 5.74. The van der Waals surface area contributed by atoms with Gasteiger partial charge in [-0.2, -0.15) is 0 Å². The molecule has 0 radical (unpaired) electrons. The summed E-state index contributed by atoms with van der Waals surface area (Å²) in [6.07, 6.45) is 3.47. The second-order valence-electron chi connectivity index (χ2n) is 5.31. The van der Waals surface area contributed by atoms with Crippen LogP contribution in [0.4, 0.5) is 11.5 Å². The van der Waals surface area contributed by atoms with Crippen LogP contribution >= 0.6 is 11.6 Å². The van der Waals surface area contributed by atoms with Crippen LogP contribution in [0.3, 0.4) is 0 Å². The van der Waals surface area contributed by atoms with Gasteiger partial charge in [0.2, 0.25) is 0 Å². The molecule has 3 atom stereocenters. The summed E-state index contributed by atoms with van der Waals surface area (Å²) in [5, 5.41) is 14.2. The van der Waals surface area contributed by atoms with E-state index in [1.807, 2.05) is 0 Å². The molecule has 0 spiro atoms. The van der Waals surface area contributed by atoms with Crippen LogP contribution in [0.2, 0.25) is 5.15 Å². The van der Waals surface area contributed by atoms with Crippen molar-refractivity contribution in [3.63, 3.8) is 0 Å². The second-order valence-corrected chi connectivity index (χ2v) is 5.70. The Balaban J connectivity index is 2.16. The van der Waals surface area contributed by atoms with Crippen molar-refractivity contribution in [3.05, 3.63) is 27.4 Å². The quantitative estimate of drug-likeness (QED) is 0.519. The summed E-state index contributed by atoms with van der Waals surface area (Å²) in [7, 11) is 0. The average molecular weight is 284 g/mol. The Morgan fingerprint density at radius 1 is 1.42 bits per heavy atom. The van der Waals surface area contributed by atoms with Crippen molar-refractivity contribution in [1.29, 1.82) is 0 Å². The van der Waals surface area contributed by atoms with Crippen molar-refractivity contribution in [2.24, 2.45) is 11.8 Å². The van der Waals surface area contributed by atoms with Gasteiger partial charge in [0.25, 0.3) is 5.69 Å². The molecule has 0 aliphatic heterocycles. The molecule has 104 valence electrons. The van der Waals surface area contributed by atoms with Gasteiger partial charge in [-0.25, -0.2) is 4.98 Å². The topological polar surface area (TPSA) is 68.1 Å². The van der Waals surface area contributed by atoms with E-state index in [1.165, 1.54) is 25.0 Å². The van der Waals surface area contributed by atoms with E-state index in [9.17, 15) is 10.1 Å². The number of aromatic nitrogens is 1. The fourth-order valence-corrected chi connectivity index (χ4v) is 2.84. The van der Waals surface area contributed by atoms with E-state index in [4.69, 9.17) is 11.6 Å². The highest BCUT2D eigenvalue weighted by atomic mass is 35.5. The van der Waals surface area contributed by atoms with Crippen LogP contribution in [0.25, 0.3) is 0 Å². The van der Waals surface area contributed by atoms with Gasteiger partial charge in [-0.05, 0) is 18.3 Å². The minimum Gasteiger partial charge on any atom is -0.367 e. The smallest absolute Gasteiger partial charge is 0.276 e. The first-order chi connectivity index (χ1) is 8.97. The largest absolute Gasteiger partial charge is 0.367 e. The molecule has 0 amide bonds. The van der Waals surface area contributed by atoms with Gasteiger partial charge in [0.05, 0.1) is 17.1 Å². The Hall–Kier alpha value is -1.36. The van der Waals surface area contributed by atoms with Crippen molar-refractivity contribution in [2.75, 3.05) is 5.32 Å². The summed E-state index contributed by atoms with van der Waals surface area (Å²) in [5.74, 6) is 1.67. The van der Waals surface area contributed by atoms with Crippen molar-refractivity contribution in [2.45, 2.75) is 39.2 Å². The number of anilines is 1. The Morgan fingerprint density at radius 3 is 2.84 bits per heavy atom. The lowest BCUT2D eigenvalue weighted by Crippen LogP contribution is -2.35. The van der Waals surface area contributed by atoms with E-state index in [-0.39, 0.29) is 10.8 Å². The zero-order valence-electron chi connectivity index (χ0n) is 11.1. The van der Waals surface area contributed by atoms with Crippen molar-refractivity contribution in [3.8, 4) is 0 Å². The fourth-order valence-electron chi connectivity index (χ4n) is 2.64. The van der Waals surface area contributed by atoms with Crippen LogP contribution in [0.5, 0.6) is 0 Å². The number of hydrogen-bond acceptors (Lipinski definition) is 4. The van der Waals surface area contributed by atoms with E-state index in [0.29, 0.717) is 23.7 Å². The van der Waals surface area contributed by atoms with Gasteiger partial charge in [-0.15, -0.1) is 0 Å². The highest BCUT2D eigenvalue weighted by Gasteiger charge is 2.27. The van der Waals surface area contributed by atoms with Crippen molar-refractivity contribution >= 4 is 23.1 Å². The molecule has 19 heavy (non-hydrogen) atoms. The molecule has 1 fully saturated rings. The molecule has 5 nitrogen and oxygen atoms in total. The number of hydrogen-bond donors (Lipinski definition) is 1. The molecule has 0 saturated heterocycles. The van der Waals surface area contributed by atoms with Gasteiger partial charge >= 0.3 is 0 Å². The molecule has 1 aliphatic rings. The maximum absolute atomic E-state index is 10.8. The molecule has 1 N–H and O–H groups in total. The number of nitrogens with one attached hydrogen (secondary N) is 1. The molecule has 3 unspecified atom stereocenters. The van der Waals surface area contributed by atoms with Crippen LogP contribution in [-0.2, 0) is 0 Å². The monoisotopic (exact) mass is 283 g/mol. The summed E-state index contributed by atoms with van der Waals surface area (Å²) < 4.78 is 0. The van der Waals surface area contributed by atoms with Gasteiger partial charge in [0, 0.05) is 6.04 Å². The Labute approximate surface area is 117 Å². The fraction of sp³-hybridized carbons (Fsp3) is 0.615. The first kappa shape index (κ1) is 14.1. The molecule has 0 aromatic carbocycles. The number of halogens is 1. The standard InChI is InChI=1S/C13H18ClN3O2/c1-8-4-3-5-11(9(8)2)15-13-7-10(17(18)19)6-12(14)16-13/h6-9,11H,3-5H2,1-2H3,(H,15,16). The molecule has 6 heteroatoms. The highest BCUT2D eigenvalue weighted by Crippen LogP contribution is 2.32. The molecule has 1 aliphatic carbocycles. The predicted octanol–water partition coefficient (Wildman–Crippen LogP) is 3.88.